The minimum atomic E-state index is -0.345. The number of amides is 1. The smallest absolute Gasteiger partial charge is 0.238 e. The molecule has 1 unspecified atom stereocenters. The van der Waals surface area contributed by atoms with Crippen LogP contribution in [0.25, 0.3) is 0 Å². The number of rotatable bonds is 2. The first-order chi connectivity index (χ1) is 9.65. The Balaban J connectivity index is 1.98. The summed E-state index contributed by atoms with van der Waals surface area (Å²) in [5, 5.41) is 0.516. The number of thioether (sulfide) groups is 1. The fourth-order valence-electron chi connectivity index (χ4n) is 2.20. The number of anilines is 1. The molecule has 0 aromatic heterocycles. The van der Waals surface area contributed by atoms with E-state index in [0.717, 1.165) is 5.56 Å². The van der Waals surface area contributed by atoms with Crippen molar-refractivity contribution in [2.45, 2.75) is 5.37 Å². The molecule has 0 radical (unpaired) electrons. The molecule has 20 heavy (non-hydrogen) atoms. The van der Waals surface area contributed by atoms with Gasteiger partial charge in [-0.15, -0.1) is 11.8 Å². The fourth-order valence-corrected chi connectivity index (χ4v) is 3.51. The second-order valence-corrected chi connectivity index (χ2v) is 5.96. The maximum atomic E-state index is 13.4. The SMILES string of the molecule is O=C1CSC(c2ccc(Cl)cc2)N1c1cccc(F)c1. The summed E-state index contributed by atoms with van der Waals surface area (Å²) in [7, 11) is 0. The molecule has 1 saturated heterocycles. The molecular formula is C15H11ClFNOS. The first-order valence-corrected chi connectivity index (χ1v) is 7.52. The maximum Gasteiger partial charge on any atom is 0.238 e. The molecule has 1 aliphatic heterocycles. The molecule has 2 aromatic carbocycles. The average Bonchev–Trinajstić information content (AvgIpc) is 2.81. The van der Waals surface area contributed by atoms with Gasteiger partial charge in [0.1, 0.15) is 11.2 Å². The lowest BCUT2D eigenvalue weighted by Crippen LogP contribution is -2.27. The van der Waals surface area contributed by atoms with Crippen LogP contribution in [-0.4, -0.2) is 11.7 Å². The van der Waals surface area contributed by atoms with Crippen LogP contribution in [0.4, 0.5) is 10.1 Å². The topological polar surface area (TPSA) is 20.3 Å². The molecule has 0 N–H and O–H groups in total. The van der Waals surface area contributed by atoms with Gasteiger partial charge >= 0.3 is 0 Å². The van der Waals surface area contributed by atoms with Gasteiger partial charge in [-0.25, -0.2) is 4.39 Å². The van der Waals surface area contributed by atoms with E-state index in [9.17, 15) is 9.18 Å². The number of halogens is 2. The number of carbonyl (C=O) groups excluding carboxylic acids is 1. The van der Waals surface area contributed by atoms with Gasteiger partial charge in [0.05, 0.1) is 5.75 Å². The van der Waals surface area contributed by atoms with Gasteiger partial charge in [0.25, 0.3) is 0 Å². The first kappa shape index (κ1) is 13.5. The van der Waals surface area contributed by atoms with Crippen LogP contribution in [0.15, 0.2) is 48.5 Å². The number of benzene rings is 2. The number of hydrogen-bond acceptors (Lipinski definition) is 2. The van der Waals surface area contributed by atoms with E-state index in [0.29, 0.717) is 16.5 Å². The van der Waals surface area contributed by atoms with Crippen molar-refractivity contribution >= 4 is 35.0 Å². The van der Waals surface area contributed by atoms with Gasteiger partial charge in [-0.3, -0.25) is 9.69 Å². The van der Waals surface area contributed by atoms with Crippen molar-refractivity contribution in [2.24, 2.45) is 0 Å². The third kappa shape index (κ3) is 2.53. The lowest BCUT2D eigenvalue weighted by atomic mass is 10.2. The molecule has 3 rings (SSSR count). The van der Waals surface area contributed by atoms with Crippen molar-refractivity contribution in [2.75, 3.05) is 10.7 Å². The van der Waals surface area contributed by atoms with Crippen LogP contribution in [0.1, 0.15) is 10.9 Å². The zero-order valence-corrected chi connectivity index (χ0v) is 12.0. The highest BCUT2D eigenvalue weighted by Crippen LogP contribution is 2.41. The number of nitrogens with zero attached hydrogens (tertiary/aromatic N) is 1. The van der Waals surface area contributed by atoms with Gasteiger partial charge in [0.15, 0.2) is 0 Å². The van der Waals surface area contributed by atoms with Crippen LogP contribution in [-0.2, 0) is 4.79 Å². The summed E-state index contributed by atoms with van der Waals surface area (Å²) in [5.41, 5.74) is 1.56. The van der Waals surface area contributed by atoms with Crippen LogP contribution >= 0.6 is 23.4 Å². The van der Waals surface area contributed by atoms with E-state index in [2.05, 4.69) is 0 Å². The average molecular weight is 308 g/mol. The van der Waals surface area contributed by atoms with Gasteiger partial charge in [0.2, 0.25) is 5.91 Å². The van der Waals surface area contributed by atoms with E-state index >= 15 is 0 Å². The number of carbonyl (C=O) groups is 1. The molecule has 0 aliphatic carbocycles. The molecule has 1 fully saturated rings. The zero-order valence-electron chi connectivity index (χ0n) is 10.4. The van der Waals surface area contributed by atoms with Crippen LogP contribution < -0.4 is 4.90 Å². The molecule has 0 spiro atoms. The lowest BCUT2D eigenvalue weighted by molar-refractivity contribution is -0.115. The second kappa shape index (κ2) is 5.46. The Kier molecular flexibility index (Phi) is 3.68. The Hall–Kier alpha value is -1.52. The van der Waals surface area contributed by atoms with Gasteiger partial charge in [-0.1, -0.05) is 29.8 Å². The summed E-state index contributed by atoms with van der Waals surface area (Å²) < 4.78 is 13.4. The van der Waals surface area contributed by atoms with Crippen molar-refractivity contribution in [1.82, 2.24) is 0 Å². The summed E-state index contributed by atoms with van der Waals surface area (Å²) in [4.78, 5) is 13.7. The largest absolute Gasteiger partial charge is 0.295 e. The quantitative estimate of drug-likeness (QED) is 0.826. The summed E-state index contributed by atoms with van der Waals surface area (Å²) in [6.07, 6.45) is 0. The first-order valence-electron chi connectivity index (χ1n) is 6.10. The summed E-state index contributed by atoms with van der Waals surface area (Å²) >= 11 is 7.41. The van der Waals surface area contributed by atoms with Crippen LogP contribution in [0.5, 0.6) is 0 Å². The van der Waals surface area contributed by atoms with Crippen LogP contribution in [0, 0.1) is 5.82 Å². The number of hydrogen-bond donors (Lipinski definition) is 0. The predicted molar refractivity (Wildman–Crippen MR) is 80.5 cm³/mol. The molecule has 1 aliphatic rings. The van der Waals surface area contributed by atoms with E-state index in [-0.39, 0.29) is 17.1 Å². The van der Waals surface area contributed by atoms with Gasteiger partial charge in [-0.05, 0) is 35.9 Å². The van der Waals surface area contributed by atoms with Crippen molar-refractivity contribution in [3.8, 4) is 0 Å². The van der Waals surface area contributed by atoms with E-state index in [1.807, 2.05) is 12.1 Å². The standard InChI is InChI=1S/C15H11ClFNOS/c16-11-6-4-10(5-7-11)15-18(14(19)9-20-15)13-3-1-2-12(17)8-13/h1-8,15H,9H2. The molecule has 102 valence electrons. The molecule has 1 amide bonds. The third-order valence-corrected chi connectivity index (χ3v) is 4.57. The monoisotopic (exact) mass is 307 g/mol. The summed E-state index contributed by atoms with van der Waals surface area (Å²) in [5.74, 6) is 0.0340. The minimum Gasteiger partial charge on any atom is -0.295 e. The molecule has 2 aromatic rings. The minimum absolute atomic E-state index is 0.0134. The Bertz CT molecular complexity index is 647. The van der Waals surface area contributed by atoms with Gasteiger partial charge in [-0.2, -0.15) is 0 Å². The lowest BCUT2D eigenvalue weighted by Gasteiger charge is -2.24. The van der Waals surface area contributed by atoms with Crippen molar-refractivity contribution in [3.63, 3.8) is 0 Å². The van der Waals surface area contributed by atoms with Gasteiger partial charge < -0.3 is 0 Å². The molecule has 1 heterocycles. The third-order valence-electron chi connectivity index (χ3n) is 3.11. The van der Waals surface area contributed by atoms with Gasteiger partial charge in [0, 0.05) is 10.7 Å². The normalized spacial score (nSPS) is 18.6. The Morgan fingerprint density at radius 1 is 1.20 bits per heavy atom. The van der Waals surface area contributed by atoms with E-state index in [4.69, 9.17) is 11.6 Å². The molecular weight excluding hydrogens is 297 g/mol. The van der Waals surface area contributed by atoms with Crippen LogP contribution in [0.2, 0.25) is 5.02 Å². The highest BCUT2D eigenvalue weighted by Gasteiger charge is 2.34. The van der Waals surface area contributed by atoms with E-state index in [1.165, 1.54) is 23.9 Å². The Morgan fingerprint density at radius 2 is 1.95 bits per heavy atom. The van der Waals surface area contributed by atoms with E-state index in [1.54, 1.807) is 29.2 Å². The van der Waals surface area contributed by atoms with Crippen LogP contribution in [0.3, 0.4) is 0 Å². The zero-order chi connectivity index (χ0) is 14.1. The summed E-state index contributed by atoms with van der Waals surface area (Å²) in [6.45, 7) is 0. The second-order valence-electron chi connectivity index (χ2n) is 4.46. The summed E-state index contributed by atoms with van der Waals surface area (Å²) in [6, 6.07) is 13.5. The molecule has 0 saturated carbocycles. The molecule has 1 atom stereocenters. The Morgan fingerprint density at radius 3 is 2.65 bits per heavy atom. The maximum absolute atomic E-state index is 13.4. The van der Waals surface area contributed by atoms with Crippen molar-refractivity contribution < 1.29 is 9.18 Å². The van der Waals surface area contributed by atoms with Crippen molar-refractivity contribution in [3.05, 3.63) is 64.9 Å². The highest BCUT2D eigenvalue weighted by atomic mass is 35.5. The molecule has 0 bridgehead atoms. The molecule has 5 heteroatoms. The highest BCUT2D eigenvalue weighted by molar-refractivity contribution is 8.00. The van der Waals surface area contributed by atoms with Crippen molar-refractivity contribution in [1.29, 1.82) is 0 Å². The Labute approximate surface area is 125 Å². The molecule has 2 nitrogen and oxygen atoms in total. The fraction of sp³-hybridized carbons (Fsp3) is 0.133. The predicted octanol–water partition coefficient (Wildman–Crippen LogP) is 4.26. The van der Waals surface area contributed by atoms with E-state index < -0.39 is 0 Å².